The average molecular weight is 395 g/mol. The number of rotatable bonds is 7. The number of methoxy groups -OCH3 is 3. The fraction of sp³-hybridized carbons (Fsp3) is 0.364. The van der Waals surface area contributed by atoms with Crippen molar-refractivity contribution in [3.8, 4) is 28.6 Å². The van der Waals surface area contributed by atoms with E-state index in [2.05, 4.69) is 21.1 Å². The summed E-state index contributed by atoms with van der Waals surface area (Å²) in [6.45, 7) is 1.55. The Morgan fingerprint density at radius 1 is 1.03 bits per heavy atom. The third-order valence-electron chi connectivity index (χ3n) is 5.29. The van der Waals surface area contributed by atoms with Crippen LogP contribution in [0.1, 0.15) is 30.3 Å². The van der Waals surface area contributed by atoms with E-state index in [0.29, 0.717) is 18.3 Å². The fourth-order valence-corrected chi connectivity index (χ4v) is 3.84. The molecule has 4 rings (SSSR count). The van der Waals surface area contributed by atoms with Crippen LogP contribution in [-0.4, -0.2) is 42.9 Å². The van der Waals surface area contributed by atoms with Crippen molar-refractivity contribution in [2.75, 3.05) is 27.9 Å². The molecule has 7 nitrogen and oxygen atoms in total. The molecule has 1 fully saturated rings. The Balaban J connectivity index is 1.55. The molecule has 0 unspecified atom stereocenters. The number of hydrogen-bond donors (Lipinski definition) is 0. The molecular formula is C22H25N3O4. The maximum Gasteiger partial charge on any atom is 0.241 e. The summed E-state index contributed by atoms with van der Waals surface area (Å²) in [5, 5.41) is 4.15. The van der Waals surface area contributed by atoms with E-state index in [4.69, 9.17) is 18.7 Å². The number of ether oxygens (including phenoxy) is 3. The molecule has 7 heteroatoms. The molecule has 0 N–H and O–H groups in total. The molecule has 1 atom stereocenters. The van der Waals surface area contributed by atoms with E-state index in [1.807, 2.05) is 36.4 Å². The Morgan fingerprint density at radius 2 is 1.86 bits per heavy atom. The quantitative estimate of drug-likeness (QED) is 0.596. The molecule has 1 aliphatic heterocycles. The molecule has 1 aliphatic rings. The van der Waals surface area contributed by atoms with Crippen molar-refractivity contribution >= 4 is 0 Å². The van der Waals surface area contributed by atoms with Crippen molar-refractivity contribution in [2.45, 2.75) is 25.4 Å². The minimum atomic E-state index is 0.215. The first-order valence-corrected chi connectivity index (χ1v) is 9.65. The van der Waals surface area contributed by atoms with Gasteiger partial charge in [-0.2, -0.15) is 4.98 Å². The van der Waals surface area contributed by atoms with Gasteiger partial charge in [0.15, 0.2) is 0 Å². The van der Waals surface area contributed by atoms with Crippen LogP contribution in [0, 0.1) is 0 Å². The Morgan fingerprint density at radius 3 is 2.66 bits per heavy atom. The second kappa shape index (κ2) is 8.53. The maximum atomic E-state index is 5.59. The Labute approximate surface area is 170 Å². The van der Waals surface area contributed by atoms with Gasteiger partial charge in [0.2, 0.25) is 11.7 Å². The van der Waals surface area contributed by atoms with Crippen molar-refractivity contribution in [2.24, 2.45) is 0 Å². The van der Waals surface area contributed by atoms with Gasteiger partial charge in [0.1, 0.15) is 17.2 Å². The smallest absolute Gasteiger partial charge is 0.241 e. The van der Waals surface area contributed by atoms with Gasteiger partial charge in [-0.05, 0) is 49.7 Å². The zero-order valence-corrected chi connectivity index (χ0v) is 16.9. The lowest BCUT2D eigenvalue weighted by Gasteiger charge is -2.25. The minimum Gasteiger partial charge on any atom is -0.497 e. The summed E-state index contributed by atoms with van der Waals surface area (Å²) in [5.74, 6) is 3.61. The molecule has 29 heavy (non-hydrogen) atoms. The van der Waals surface area contributed by atoms with Gasteiger partial charge in [0.25, 0.3) is 0 Å². The highest BCUT2D eigenvalue weighted by Gasteiger charge is 2.30. The normalized spacial score (nSPS) is 16.7. The molecule has 1 saturated heterocycles. The summed E-state index contributed by atoms with van der Waals surface area (Å²) in [4.78, 5) is 6.94. The van der Waals surface area contributed by atoms with Crippen LogP contribution in [0.5, 0.6) is 17.2 Å². The third-order valence-corrected chi connectivity index (χ3v) is 5.29. The summed E-state index contributed by atoms with van der Waals surface area (Å²) in [6, 6.07) is 13.8. The molecule has 0 aliphatic carbocycles. The first kappa shape index (κ1) is 19.3. The van der Waals surface area contributed by atoms with Crippen LogP contribution < -0.4 is 14.2 Å². The summed E-state index contributed by atoms with van der Waals surface area (Å²) >= 11 is 0. The predicted molar refractivity (Wildman–Crippen MR) is 108 cm³/mol. The number of benzene rings is 2. The van der Waals surface area contributed by atoms with Crippen molar-refractivity contribution in [3.63, 3.8) is 0 Å². The van der Waals surface area contributed by atoms with Crippen molar-refractivity contribution in [1.29, 1.82) is 0 Å². The lowest BCUT2D eigenvalue weighted by molar-refractivity contribution is 0.209. The van der Waals surface area contributed by atoms with Crippen molar-refractivity contribution in [3.05, 3.63) is 53.9 Å². The van der Waals surface area contributed by atoms with E-state index in [1.165, 1.54) is 0 Å². The molecule has 3 aromatic rings. The predicted octanol–water partition coefficient (Wildman–Crippen LogP) is 4.10. The monoisotopic (exact) mass is 395 g/mol. The summed E-state index contributed by atoms with van der Waals surface area (Å²) in [6.07, 6.45) is 2.14. The fourth-order valence-electron chi connectivity index (χ4n) is 3.84. The molecule has 2 aromatic carbocycles. The van der Waals surface area contributed by atoms with Gasteiger partial charge in [0.05, 0.1) is 27.9 Å². The van der Waals surface area contributed by atoms with Crippen molar-refractivity contribution < 1.29 is 18.7 Å². The molecular weight excluding hydrogens is 370 g/mol. The molecule has 2 heterocycles. The maximum absolute atomic E-state index is 5.59. The summed E-state index contributed by atoms with van der Waals surface area (Å²) < 4.78 is 21.8. The topological polar surface area (TPSA) is 69.9 Å². The van der Waals surface area contributed by atoms with E-state index >= 15 is 0 Å². The second-order valence-corrected chi connectivity index (χ2v) is 6.98. The summed E-state index contributed by atoms with van der Waals surface area (Å²) in [7, 11) is 5.01. The minimum absolute atomic E-state index is 0.215. The molecule has 0 amide bonds. The number of hydrogen-bond acceptors (Lipinski definition) is 7. The van der Waals surface area contributed by atoms with Gasteiger partial charge in [-0.1, -0.05) is 17.3 Å². The van der Waals surface area contributed by atoms with Crippen LogP contribution >= 0.6 is 0 Å². The zero-order valence-electron chi connectivity index (χ0n) is 16.9. The average Bonchev–Trinajstić information content (AvgIpc) is 3.43. The molecule has 0 saturated carbocycles. The molecule has 152 valence electrons. The highest BCUT2D eigenvalue weighted by Crippen LogP contribution is 2.39. The van der Waals surface area contributed by atoms with Crippen LogP contribution in [0.15, 0.2) is 47.0 Å². The van der Waals surface area contributed by atoms with Crippen molar-refractivity contribution in [1.82, 2.24) is 15.0 Å². The second-order valence-electron chi connectivity index (χ2n) is 6.98. The largest absolute Gasteiger partial charge is 0.497 e. The zero-order chi connectivity index (χ0) is 20.2. The lowest BCUT2D eigenvalue weighted by Crippen LogP contribution is -2.23. The number of aromatic nitrogens is 2. The molecule has 0 bridgehead atoms. The Kier molecular flexibility index (Phi) is 5.67. The van der Waals surface area contributed by atoms with Crippen LogP contribution in [0.3, 0.4) is 0 Å². The van der Waals surface area contributed by atoms with Gasteiger partial charge in [-0.15, -0.1) is 0 Å². The number of nitrogens with zero attached hydrogens (tertiary/aromatic N) is 3. The molecule has 0 radical (unpaired) electrons. The highest BCUT2D eigenvalue weighted by molar-refractivity contribution is 5.56. The first-order chi connectivity index (χ1) is 14.2. The standard InChI is InChI=1S/C22H25N3O4/c1-26-16-7-4-6-15(12-16)22-23-21(29-24-22)14-25-11-5-8-19(25)18-13-17(27-2)9-10-20(18)28-3/h4,6-7,9-10,12-13,19H,5,8,11,14H2,1-3H3/t19-/m1/s1. The molecule has 1 aromatic heterocycles. The van der Waals surface area contributed by atoms with E-state index in [0.717, 1.165) is 47.8 Å². The van der Waals surface area contributed by atoms with Crippen LogP contribution in [0.2, 0.25) is 0 Å². The van der Waals surface area contributed by atoms with E-state index in [9.17, 15) is 0 Å². The Bertz CT molecular complexity index is 972. The van der Waals surface area contributed by atoms with Crippen LogP contribution in [0.4, 0.5) is 0 Å². The van der Waals surface area contributed by atoms with Crippen LogP contribution in [0.25, 0.3) is 11.4 Å². The lowest BCUT2D eigenvalue weighted by atomic mass is 10.0. The van der Waals surface area contributed by atoms with Crippen LogP contribution in [-0.2, 0) is 6.54 Å². The SMILES string of the molecule is COc1cccc(-c2noc(CN3CCC[C@@H]3c3cc(OC)ccc3OC)n2)c1. The Hall–Kier alpha value is -3.06. The van der Waals surface area contributed by atoms with Gasteiger partial charge < -0.3 is 18.7 Å². The van der Waals surface area contributed by atoms with Gasteiger partial charge in [0, 0.05) is 17.2 Å². The summed E-state index contributed by atoms with van der Waals surface area (Å²) in [5.41, 5.74) is 1.99. The van der Waals surface area contributed by atoms with Gasteiger partial charge in [-0.25, -0.2) is 0 Å². The highest BCUT2D eigenvalue weighted by atomic mass is 16.5. The van der Waals surface area contributed by atoms with E-state index < -0.39 is 0 Å². The first-order valence-electron chi connectivity index (χ1n) is 9.65. The van der Waals surface area contributed by atoms with E-state index in [-0.39, 0.29) is 6.04 Å². The van der Waals surface area contributed by atoms with Gasteiger partial charge >= 0.3 is 0 Å². The van der Waals surface area contributed by atoms with E-state index in [1.54, 1.807) is 21.3 Å². The molecule has 0 spiro atoms. The third kappa shape index (κ3) is 4.05. The number of likely N-dealkylation sites (tertiary alicyclic amines) is 1. The van der Waals surface area contributed by atoms with Gasteiger partial charge in [-0.3, -0.25) is 4.90 Å².